The number of nitrogens with one attached hydrogen (secondary N) is 1. The lowest BCUT2D eigenvalue weighted by Gasteiger charge is -2.35. The SMILES string of the molecule is CCNC(=O)N1CCN(c2nc(Cc3ccccc3)nc3c2c(C)nn3-c2ccc(F)cc2)CC1. The van der Waals surface area contributed by atoms with Gasteiger partial charge < -0.3 is 15.1 Å². The number of halogens is 1. The number of aryl methyl sites for hydroxylation is 1. The first-order valence-electron chi connectivity index (χ1n) is 11.9. The number of carbonyl (C=O) groups is 1. The number of fused-ring (bicyclic) bond motifs is 1. The van der Waals surface area contributed by atoms with Crippen molar-refractivity contribution in [2.45, 2.75) is 20.3 Å². The number of benzene rings is 2. The number of piperazine rings is 1. The summed E-state index contributed by atoms with van der Waals surface area (Å²) in [5.74, 6) is 1.21. The van der Waals surface area contributed by atoms with Gasteiger partial charge in [-0.2, -0.15) is 5.10 Å². The molecule has 0 unspecified atom stereocenters. The number of rotatable bonds is 5. The maximum absolute atomic E-state index is 13.6. The minimum atomic E-state index is -0.299. The van der Waals surface area contributed by atoms with Gasteiger partial charge in [0.25, 0.3) is 0 Å². The van der Waals surface area contributed by atoms with Gasteiger partial charge >= 0.3 is 6.03 Å². The standard InChI is InChI=1S/C26H28FN7O/c1-3-28-26(35)33-15-13-32(14-16-33)24-23-18(2)31-34(21-11-9-20(27)10-12-21)25(23)30-22(29-24)17-19-7-5-4-6-8-19/h4-12H,3,13-17H2,1-2H3,(H,28,35). The first-order chi connectivity index (χ1) is 17.0. The number of anilines is 1. The molecule has 0 bridgehead atoms. The Morgan fingerprint density at radius 2 is 1.71 bits per heavy atom. The van der Waals surface area contributed by atoms with Crippen molar-refractivity contribution in [1.82, 2.24) is 30.0 Å². The predicted molar refractivity (Wildman–Crippen MR) is 133 cm³/mol. The van der Waals surface area contributed by atoms with Crippen molar-refractivity contribution in [3.8, 4) is 5.69 Å². The van der Waals surface area contributed by atoms with Crippen LogP contribution in [0.1, 0.15) is 24.0 Å². The minimum Gasteiger partial charge on any atom is -0.352 e. The summed E-state index contributed by atoms with van der Waals surface area (Å²) in [4.78, 5) is 26.2. The van der Waals surface area contributed by atoms with Gasteiger partial charge in [-0.25, -0.2) is 23.8 Å². The molecule has 4 aromatic rings. The number of hydrogen-bond donors (Lipinski definition) is 1. The van der Waals surface area contributed by atoms with Crippen LogP contribution in [0.2, 0.25) is 0 Å². The lowest BCUT2D eigenvalue weighted by Crippen LogP contribution is -2.52. The molecule has 9 heteroatoms. The van der Waals surface area contributed by atoms with E-state index in [1.165, 1.54) is 12.1 Å². The number of carbonyl (C=O) groups excluding carboxylic acids is 1. The quantitative estimate of drug-likeness (QED) is 0.478. The molecule has 3 heterocycles. The molecular formula is C26H28FN7O. The van der Waals surface area contributed by atoms with Gasteiger partial charge in [0, 0.05) is 39.1 Å². The molecule has 8 nitrogen and oxygen atoms in total. The first kappa shape index (κ1) is 22.8. The van der Waals surface area contributed by atoms with E-state index in [2.05, 4.69) is 22.3 Å². The van der Waals surface area contributed by atoms with E-state index in [1.54, 1.807) is 16.8 Å². The lowest BCUT2D eigenvalue weighted by molar-refractivity contribution is 0.195. The maximum Gasteiger partial charge on any atom is 0.317 e. The fraction of sp³-hybridized carbons (Fsp3) is 0.308. The highest BCUT2D eigenvalue weighted by Gasteiger charge is 2.26. The first-order valence-corrected chi connectivity index (χ1v) is 11.9. The summed E-state index contributed by atoms with van der Waals surface area (Å²) < 4.78 is 15.3. The third-order valence-corrected chi connectivity index (χ3v) is 6.20. The summed E-state index contributed by atoms with van der Waals surface area (Å²) in [7, 11) is 0. The molecule has 1 fully saturated rings. The van der Waals surface area contributed by atoms with Crippen LogP contribution in [-0.2, 0) is 6.42 Å². The lowest BCUT2D eigenvalue weighted by atomic mass is 10.1. The summed E-state index contributed by atoms with van der Waals surface area (Å²) in [5, 5.41) is 8.50. The summed E-state index contributed by atoms with van der Waals surface area (Å²) in [5.41, 5.74) is 3.34. The maximum atomic E-state index is 13.6. The van der Waals surface area contributed by atoms with Crippen molar-refractivity contribution in [3.05, 3.63) is 77.5 Å². The molecule has 2 aromatic carbocycles. The molecule has 0 aliphatic carbocycles. The molecule has 1 N–H and O–H groups in total. The number of nitrogens with zero attached hydrogens (tertiary/aromatic N) is 6. The average Bonchev–Trinajstić information content (AvgIpc) is 3.21. The monoisotopic (exact) mass is 473 g/mol. The van der Waals surface area contributed by atoms with E-state index in [1.807, 2.05) is 36.9 Å². The van der Waals surface area contributed by atoms with Crippen LogP contribution in [0.4, 0.5) is 15.0 Å². The van der Waals surface area contributed by atoms with Crippen LogP contribution in [0.15, 0.2) is 54.6 Å². The molecule has 2 amide bonds. The zero-order valence-electron chi connectivity index (χ0n) is 19.9. The van der Waals surface area contributed by atoms with Gasteiger partial charge in [-0.05, 0) is 43.7 Å². The van der Waals surface area contributed by atoms with Crippen LogP contribution in [0, 0.1) is 12.7 Å². The topological polar surface area (TPSA) is 79.2 Å². The highest BCUT2D eigenvalue weighted by Crippen LogP contribution is 2.30. The van der Waals surface area contributed by atoms with Gasteiger partial charge in [0.05, 0.1) is 16.8 Å². The molecule has 0 saturated carbocycles. The van der Waals surface area contributed by atoms with Crippen molar-refractivity contribution in [1.29, 1.82) is 0 Å². The molecular weight excluding hydrogens is 445 g/mol. The van der Waals surface area contributed by atoms with E-state index in [-0.39, 0.29) is 11.8 Å². The molecule has 0 radical (unpaired) electrons. The van der Waals surface area contributed by atoms with Crippen LogP contribution in [-0.4, -0.2) is 63.4 Å². The molecule has 35 heavy (non-hydrogen) atoms. The Balaban J connectivity index is 1.56. The fourth-order valence-corrected chi connectivity index (χ4v) is 4.44. The van der Waals surface area contributed by atoms with Crippen molar-refractivity contribution in [2.75, 3.05) is 37.6 Å². The van der Waals surface area contributed by atoms with Crippen molar-refractivity contribution >= 4 is 22.9 Å². The van der Waals surface area contributed by atoms with Gasteiger partial charge in [0.1, 0.15) is 17.5 Å². The Morgan fingerprint density at radius 3 is 2.40 bits per heavy atom. The zero-order chi connectivity index (χ0) is 24.4. The Hall–Kier alpha value is -4.01. The number of aromatic nitrogens is 4. The zero-order valence-corrected chi connectivity index (χ0v) is 19.9. The third kappa shape index (κ3) is 4.66. The van der Waals surface area contributed by atoms with E-state index < -0.39 is 0 Å². The average molecular weight is 474 g/mol. The van der Waals surface area contributed by atoms with E-state index in [9.17, 15) is 9.18 Å². The Kier molecular flexibility index (Phi) is 6.31. The highest BCUT2D eigenvalue weighted by molar-refractivity contribution is 5.91. The van der Waals surface area contributed by atoms with Crippen molar-refractivity contribution in [3.63, 3.8) is 0 Å². The molecule has 0 spiro atoms. The van der Waals surface area contributed by atoms with Crippen LogP contribution in [0.5, 0.6) is 0 Å². The molecule has 1 aliphatic heterocycles. The molecule has 2 aromatic heterocycles. The summed E-state index contributed by atoms with van der Waals surface area (Å²) >= 11 is 0. The second-order valence-corrected chi connectivity index (χ2v) is 8.61. The highest BCUT2D eigenvalue weighted by atomic mass is 19.1. The third-order valence-electron chi connectivity index (χ3n) is 6.20. The molecule has 180 valence electrons. The van der Waals surface area contributed by atoms with Crippen LogP contribution in [0.25, 0.3) is 16.7 Å². The number of urea groups is 1. The fourth-order valence-electron chi connectivity index (χ4n) is 4.44. The summed E-state index contributed by atoms with van der Waals surface area (Å²) in [6.45, 7) is 7.01. The normalized spacial score (nSPS) is 13.9. The summed E-state index contributed by atoms with van der Waals surface area (Å²) in [6, 6.07) is 16.3. The van der Waals surface area contributed by atoms with E-state index >= 15 is 0 Å². The second kappa shape index (κ2) is 9.69. The second-order valence-electron chi connectivity index (χ2n) is 8.61. The minimum absolute atomic E-state index is 0.0370. The summed E-state index contributed by atoms with van der Waals surface area (Å²) in [6.07, 6.45) is 0.580. The Morgan fingerprint density at radius 1 is 1.00 bits per heavy atom. The molecule has 0 atom stereocenters. The predicted octanol–water partition coefficient (Wildman–Crippen LogP) is 3.71. The van der Waals surface area contributed by atoms with Crippen molar-refractivity contribution < 1.29 is 9.18 Å². The molecule has 1 saturated heterocycles. The van der Waals surface area contributed by atoms with Crippen LogP contribution < -0.4 is 10.2 Å². The largest absolute Gasteiger partial charge is 0.352 e. The van der Waals surface area contributed by atoms with Crippen LogP contribution in [0.3, 0.4) is 0 Å². The van der Waals surface area contributed by atoms with Gasteiger partial charge in [-0.3, -0.25) is 0 Å². The Bertz CT molecular complexity index is 1330. The number of amides is 2. The van der Waals surface area contributed by atoms with Gasteiger partial charge in [0.15, 0.2) is 5.65 Å². The van der Waals surface area contributed by atoms with Gasteiger partial charge in [-0.15, -0.1) is 0 Å². The van der Waals surface area contributed by atoms with E-state index in [0.717, 1.165) is 28.1 Å². The smallest absolute Gasteiger partial charge is 0.317 e. The van der Waals surface area contributed by atoms with E-state index in [0.29, 0.717) is 50.6 Å². The van der Waals surface area contributed by atoms with Crippen LogP contribution >= 0.6 is 0 Å². The van der Waals surface area contributed by atoms with Crippen molar-refractivity contribution in [2.24, 2.45) is 0 Å². The Labute approximate surface area is 203 Å². The molecule has 5 rings (SSSR count). The van der Waals surface area contributed by atoms with E-state index in [4.69, 9.17) is 15.1 Å². The molecule has 1 aliphatic rings. The van der Waals surface area contributed by atoms with Gasteiger partial charge in [-0.1, -0.05) is 30.3 Å². The van der Waals surface area contributed by atoms with Gasteiger partial charge in [0.2, 0.25) is 0 Å². The number of hydrogen-bond acceptors (Lipinski definition) is 5.